The van der Waals surface area contributed by atoms with E-state index in [1.54, 1.807) is 0 Å². The Morgan fingerprint density at radius 1 is 1.10 bits per heavy atom. The van der Waals surface area contributed by atoms with Crippen LogP contribution in [0.2, 0.25) is 0 Å². The molecule has 0 aliphatic rings. The number of nitrogens with zero attached hydrogens (tertiary/aromatic N) is 2. The largest absolute Gasteiger partial charge is 0.383 e. The van der Waals surface area contributed by atoms with Crippen molar-refractivity contribution in [3.8, 4) is 0 Å². The number of nitrogens with one attached hydrogen (secondary N) is 1. The summed E-state index contributed by atoms with van der Waals surface area (Å²) >= 11 is 0. The minimum absolute atomic E-state index is 0.485. The van der Waals surface area contributed by atoms with Gasteiger partial charge in [-0.15, -0.1) is 0 Å². The van der Waals surface area contributed by atoms with E-state index in [9.17, 15) is 0 Å². The van der Waals surface area contributed by atoms with Crippen LogP contribution in [0.3, 0.4) is 0 Å². The van der Waals surface area contributed by atoms with Gasteiger partial charge in [0.05, 0.1) is 0 Å². The number of aromatic nitrogens is 1. The van der Waals surface area contributed by atoms with Gasteiger partial charge in [0.2, 0.25) is 0 Å². The van der Waals surface area contributed by atoms with Gasteiger partial charge >= 0.3 is 0 Å². The van der Waals surface area contributed by atoms with E-state index in [-0.39, 0.29) is 0 Å². The maximum absolute atomic E-state index is 4.36. The molecular weight excluding hydrogens is 246 g/mol. The first kappa shape index (κ1) is 14.5. The van der Waals surface area contributed by atoms with Gasteiger partial charge in [-0.25, -0.2) is 0 Å². The van der Waals surface area contributed by atoms with Gasteiger partial charge in [0, 0.05) is 43.1 Å². The standard InChI is InChI=1S/C17H23N3/c1-15(14-19-16-8-4-3-5-9-16)20(2)13-11-17-10-6-7-12-18-17/h3-10,12,15,19H,11,13-14H2,1-2H3. The van der Waals surface area contributed by atoms with E-state index in [4.69, 9.17) is 0 Å². The molecule has 3 nitrogen and oxygen atoms in total. The second kappa shape index (κ2) is 7.65. The molecule has 1 heterocycles. The van der Waals surface area contributed by atoms with Crippen LogP contribution in [-0.4, -0.2) is 36.1 Å². The molecule has 1 aromatic carbocycles. The summed E-state index contributed by atoms with van der Waals surface area (Å²) in [5.41, 5.74) is 2.33. The molecule has 2 aromatic rings. The highest BCUT2D eigenvalue weighted by Crippen LogP contribution is 2.06. The molecule has 1 N–H and O–H groups in total. The monoisotopic (exact) mass is 269 g/mol. The van der Waals surface area contributed by atoms with Crippen LogP contribution in [0, 0.1) is 0 Å². The third-order valence-corrected chi connectivity index (χ3v) is 3.57. The molecule has 0 saturated carbocycles. The van der Waals surface area contributed by atoms with E-state index in [2.05, 4.69) is 59.5 Å². The maximum atomic E-state index is 4.36. The molecule has 0 aliphatic heterocycles. The highest BCUT2D eigenvalue weighted by atomic mass is 15.1. The van der Waals surface area contributed by atoms with Crippen LogP contribution in [0.15, 0.2) is 54.7 Å². The first-order chi connectivity index (χ1) is 9.75. The van der Waals surface area contributed by atoms with E-state index in [1.165, 1.54) is 5.69 Å². The second-order valence-electron chi connectivity index (χ2n) is 5.15. The van der Waals surface area contributed by atoms with E-state index < -0.39 is 0 Å². The SMILES string of the molecule is CC(CNc1ccccc1)N(C)CCc1ccccn1. The van der Waals surface area contributed by atoms with Gasteiger partial charge in [-0.2, -0.15) is 0 Å². The Labute approximate surface area is 121 Å². The topological polar surface area (TPSA) is 28.2 Å². The van der Waals surface area contributed by atoms with E-state index in [0.29, 0.717) is 6.04 Å². The fourth-order valence-corrected chi connectivity index (χ4v) is 2.03. The fourth-order valence-electron chi connectivity index (χ4n) is 2.03. The Bertz CT molecular complexity index is 437. The molecule has 0 bridgehead atoms. The highest BCUT2D eigenvalue weighted by Gasteiger charge is 2.08. The normalized spacial score (nSPS) is 12.3. The van der Waals surface area contributed by atoms with E-state index in [0.717, 1.165) is 25.2 Å². The number of para-hydroxylation sites is 1. The third kappa shape index (κ3) is 4.67. The molecule has 1 aromatic heterocycles. The van der Waals surface area contributed by atoms with E-state index in [1.807, 2.05) is 24.4 Å². The molecule has 0 saturated heterocycles. The van der Waals surface area contributed by atoms with Crippen molar-refractivity contribution < 1.29 is 0 Å². The molecule has 0 amide bonds. The lowest BCUT2D eigenvalue weighted by Gasteiger charge is -2.25. The van der Waals surface area contributed by atoms with Crippen LogP contribution >= 0.6 is 0 Å². The lowest BCUT2D eigenvalue weighted by Crippen LogP contribution is -2.36. The van der Waals surface area contributed by atoms with Gasteiger partial charge in [0.15, 0.2) is 0 Å². The molecule has 0 aliphatic carbocycles. The van der Waals surface area contributed by atoms with Gasteiger partial charge in [0.1, 0.15) is 0 Å². The second-order valence-corrected chi connectivity index (χ2v) is 5.15. The number of likely N-dealkylation sites (N-methyl/N-ethyl adjacent to an activating group) is 1. The Morgan fingerprint density at radius 3 is 2.55 bits per heavy atom. The van der Waals surface area contributed by atoms with Crippen LogP contribution in [0.5, 0.6) is 0 Å². The molecule has 20 heavy (non-hydrogen) atoms. The van der Waals surface area contributed by atoms with Gasteiger partial charge in [-0.3, -0.25) is 4.98 Å². The summed E-state index contributed by atoms with van der Waals surface area (Å²) in [6, 6.07) is 16.9. The van der Waals surface area contributed by atoms with Gasteiger partial charge in [-0.05, 0) is 38.2 Å². The van der Waals surface area contributed by atoms with Crippen molar-refractivity contribution in [1.29, 1.82) is 0 Å². The molecule has 0 spiro atoms. The summed E-state index contributed by atoms with van der Waals surface area (Å²) in [5, 5.41) is 3.47. The average Bonchev–Trinajstić information content (AvgIpc) is 2.52. The Balaban J connectivity index is 1.73. The van der Waals surface area contributed by atoms with Crippen molar-refractivity contribution >= 4 is 5.69 Å². The van der Waals surface area contributed by atoms with Crippen LogP contribution < -0.4 is 5.32 Å². The fraction of sp³-hybridized carbons (Fsp3) is 0.353. The summed E-state index contributed by atoms with van der Waals surface area (Å²) < 4.78 is 0. The first-order valence-electron chi connectivity index (χ1n) is 7.15. The summed E-state index contributed by atoms with van der Waals surface area (Å²) in [6.07, 6.45) is 2.85. The van der Waals surface area contributed by atoms with Crippen LogP contribution in [0.1, 0.15) is 12.6 Å². The van der Waals surface area contributed by atoms with Gasteiger partial charge in [-0.1, -0.05) is 24.3 Å². The quantitative estimate of drug-likeness (QED) is 0.837. The number of anilines is 1. The number of hydrogen-bond acceptors (Lipinski definition) is 3. The van der Waals surface area contributed by atoms with E-state index >= 15 is 0 Å². The zero-order valence-electron chi connectivity index (χ0n) is 12.3. The number of hydrogen-bond donors (Lipinski definition) is 1. The smallest absolute Gasteiger partial charge is 0.0416 e. The zero-order valence-corrected chi connectivity index (χ0v) is 12.3. The molecule has 0 radical (unpaired) electrons. The average molecular weight is 269 g/mol. The van der Waals surface area contributed by atoms with Crippen molar-refractivity contribution in [1.82, 2.24) is 9.88 Å². The Kier molecular flexibility index (Phi) is 5.56. The molecule has 1 atom stereocenters. The minimum Gasteiger partial charge on any atom is -0.383 e. The number of rotatable bonds is 7. The van der Waals surface area contributed by atoms with Crippen molar-refractivity contribution in [2.24, 2.45) is 0 Å². The van der Waals surface area contributed by atoms with Gasteiger partial charge < -0.3 is 10.2 Å². The summed E-state index contributed by atoms with van der Waals surface area (Å²) in [7, 11) is 2.17. The van der Waals surface area contributed by atoms with Crippen molar-refractivity contribution in [2.75, 3.05) is 25.5 Å². The predicted molar refractivity (Wildman–Crippen MR) is 85.0 cm³/mol. The van der Waals surface area contributed by atoms with Crippen LogP contribution in [0.4, 0.5) is 5.69 Å². The number of pyridine rings is 1. The third-order valence-electron chi connectivity index (χ3n) is 3.57. The van der Waals surface area contributed by atoms with Crippen LogP contribution in [0.25, 0.3) is 0 Å². The van der Waals surface area contributed by atoms with Gasteiger partial charge in [0.25, 0.3) is 0 Å². The Hall–Kier alpha value is -1.87. The summed E-state index contributed by atoms with van der Waals surface area (Å²) in [4.78, 5) is 6.73. The molecule has 0 fully saturated rings. The zero-order chi connectivity index (χ0) is 14.2. The number of benzene rings is 1. The minimum atomic E-state index is 0.485. The highest BCUT2D eigenvalue weighted by molar-refractivity contribution is 5.42. The van der Waals surface area contributed by atoms with Crippen molar-refractivity contribution in [2.45, 2.75) is 19.4 Å². The summed E-state index contributed by atoms with van der Waals surface area (Å²) in [6.45, 7) is 4.21. The molecule has 106 valence electrons. The van der Waals surface area contributed by atoms with Crippen LogP contribution in [-0.2, 0) is 6.42 Å². The lowest BCUT2D eigenvalue weighted by atomic mass is 10.2. The van der Waals surface area contributed by atoms with Crippen molar-refractivity contribution in [3.63, 3.8) is 0 Å². The maximum Gasteiger partial charge on any atom is 0.0416 e. The molecule has 3 heteroatoms. The lowest BCUT2D eigenvalue weighted by molar-refractivity contribution is 0.270. The molecular formula is C17H23N3. The molecule has 2 rings (SSSR count). The predicted octanol–water partition coefficient (Wildman–Crippen LogP) is 3.06. The Morgan fingerprint density at radius 2 is 1.85 bits per heavy atom. The summed E-state index contributed by atoms with van der Waals surface area (Å²) in [5.74, 6) is 0. The molecule has 1 unspecified atom stereocenters. The van der Waals surface area contributed by atoms with Crippen molar-refractivity contribution in [3.05, 3.63) is 60.4 Å². The first-order valence-corrected chi connectivity index (χ1v) is 7.15.